The molecule has 5 aliphatic carbocycles. The number of carbonyl (C=O) groups is 6. The number of ketones is 2. The fraction of sp³-hybridized carbons (Fsp3) is 0.596. The number of carbonyl (C=O) groups excluding carboxylic acids is 5. The van der Waals surface area contributed by atoms with Crippen LogP contribution in [0.5, 0.6) is 5.75 Å². The molecule has 8 rings (SSSR count). The Kier molecular flexibility index (Phi) is 12.0. The number of aliphatic hydroxyl groups is 2. The fourth-order valence-electron chi connectivity index (χ4n) is 12.0. The first-order valence-corrected chi connectivity index (χ1v) is 22.4. The van der Waals surface area contributed by atoms with E-state index in [9.17, 15) is 48.9 Å². The quantitative estimate of drug-likeness (QED) is 0.195. The van der Waals surface area contributed by atoms with E-state index in [1.807, 2.05) is 19.9 Å². The minimum Gasteiger partial charge on any atom is -0.492 e. The summed E-state index contributed by atoms with van der Waals surface area (Å²) in [4.78, 5) is 92.5. The number of pyridine rings is 1. The van der Waals surface area contributed by atoms with Crippen molar-refractivity contribution in [3.63, 3.8) is 0 Å². The number of allylic oxidation sites excluding steroid dienone is 4. The second-order valence-electron chi connectivity index (χ2n) is 19.1. The van der Waals surface area contributed by atoms with Crippen molar-refractivity contribution in [2.75, 3.05) is 38.3 Å². The second-order valence-corrected chi connectivity index (χ2v) is 19.1. The summed E-state index contributed by atoms with van der Waals surface area (Å²) in [7, 11) is 1.34. The van der Waals surface area contributed by atoms with E-state index in [-0.39, 0.29) is 84.4 Å². The minimum absolute atomic E-state index is 0.000949. The molecule has 65 heavy (non-hydrogen) atoms. The predicted octanol–water partition coefficient (Wildman–Crippen LogP) is 4.62. The molecule has 4 saturated carbocycles. The molecule has 350 valence electrons. The van der Waals surface area contributed by atoms with Crippen LogP contribution in [0.3, 0.4) is 0 Å². The molecule has 18 heteroatoms. The highest BCUT2D eigenvalue weighted by Crippen LogP contribution is 2.67. The minimum atomic E-state index is -1.85. The molecule has 1 amide bonds. The zero-order valence-corrected chi connectivity index (χ0v) is 37.2. The standard InChI is InChI=1S/C47H56FN3O14/c1-24-21-49(40-33(48)19-30-39(42(40)62-5)51(27-7-8-27)22-31(41(30)57)43(58)59)16-17-50(24)44(60)65-25(2)64-37(56)11-10-36(55)63-23-35(54)47(61)15-13-32-29-9-6-26-18-28(52)12-14-45(26,3)38(29)34(53)20-46(32,47)4/h12,14,18-19,22,24-25,27,29,32,34,38,53,61H,6-11,13,15-17,20-21,23H2,1-5H3,(H,58,59)/t24?,25?,29?,32-,34-,38+,45-,46-,47-/m0/s1. The molecule has 3 N–H and O–H groups in total. The Morgan fingerprint density at radius 1 is 1.02 bits per heavy atom. The first-order valence-electron chi connectivity index (χ1n) is 22.4. The number of carboxylic acids is 1. The number of aromatic nitrogens is 1. The molecule has 1 aromatic heterocycles. The van der Waals surface area contributed by atoms with Crippen molar-refractivity contribution < 1.29 is 67.4 Å². The zero-order valence-electron chi connectivity index (χ0n) is 37.2. The number of hydrogen-bond acceptors (Lipinski definition) is 14. The molecule has 17 nitrogen and oxygen atoms in total. The Balaban J connectivity index is 0.814. The number of piperazine rings is 1. The summed E-state index contributed by atoms with van der Waals surface area (Å²) >= 11 is 0. The van der Waals surface area contributed by atoms with Gasteiger partial charge < -0.3 is 48.6 Å². The average molecular weight is 906 g/mol. The molecule has 5 fully saturated rings. The summed E-state index contributed by atoms with van der Waals surface area (Å²) in [6, 6.07) is 0.402. The van der Waals surface area contributed by atoms with E-state index in [1.54, 1.807) is 28.5 Å². The lowest BCUT2D eigenvalue weighted by Gasteiger charge is -2.59. The molecule has 2 heterocycles. The van der Waals surface area contributed by atoms with Crippen LogP contribution in [0.25, 0.3) is 10.9 Å². The van der Waals surface area contributed by atoms with Gasteiger partial charge in [-0.3, -0.25) is 24.0 Å². The number of anilines is 1. The molecule has 6 aliphatic rings. The van der Waals surface area contributed by atoms with Crippen molar-refractivity contribution in [3.05, 3.63) is 57.7 Å². The number of amides is 1. The van der Waals surface area contributed by atoms with Gasteiger partial charge in [-0.1, -0.05) is 25.5 Å². The zero-order chi connectivity index (χ0) is 46.9. The third-order valence-corrected chi connectivity index (χ3v) is 15.3. The molecule has 0 bridgehead atoms. The molecule has 0 spiro atoms. The van der Waals surface area contributed by atoms with Gasteiger partial charge in [-0.2, -0.15) is 0 Å². The topological polar surface area (TPSA) is 229 Å². The van der Waals surface area contributed by atoms with Gasteiger partial charge in [0.15, 0.2) is 24.0 Å². The fourth-order valence-corrected chi connectivity index (χ4v) is 12.0. The summed E-state index contributed by atoms with van der Waals surface area (Å²) in [5.74, 6) is -4.90. The van der Waals surface area contributed by atoms with Gasteiger partial charge >= 0.3 is 24.0 Å². The van der Waals surface area contributed by atoms with E-state index in [0.29, 0.717) is 19.3 Å². The highest BCUT2D eigenvalue weighted by Gasteiger charge is 2.68. The van der Waals surface area contributed by atoms with Crippen LogP contribution in [0.15, 0.2) is 40.9 Å². The number of hydrogen-bond donors (Lipinski definition) is 3. The summed E-state index contributed by atoms with van der Waals surface area (Å²) in [5, 5.41) is 33.1. The number of methoxy groups -OCH3 is 1. The number of nitrogens with zero attached hydrogens (tertiary/aromatic N) is 3. The average Bonchev–Trinajstić information content (AvgIpc) is 4.05. The third-order valence-electron chi connectivity index (χ3n) is 15.3. The first-order chi connectivity index (χ1) is 30.7. The maximum absolute atomic E-state index is 15.9. The number of halogens is 1. The number of benzene rings is 1. The van der Waals surface area contributed by atoms with E-state index in [0.717, 1.165) is 24.5 Å². The van der Waals surface area contributed by atoms with E-state index in [4.69, 9.17) is 18.9 Å². The predicted molar refractivity (Wildman–Crippen MR) is 229 cm³/mol. The molecule has 1 saturated heterocycles. The monoisotopic (exact) mass is 905 g/mol. The summed E-state index contributed by atoms with van der Waals surface area (Å²) in [5.41, 5.74) is -3.28. The van der Waals surface area contributed by atoms with E-state index in [1.165, 1.54) is 25.1 Å². The number of ether oxygens (including phenoxy) is 4. The number of rotatable bonds is 12. The Morgan fingerprint density at radius 3 is 2.42 bits per heavy atom. The highest BCUT2D eigenvalue weighted by molar-refractivity contribution is 6.01. The Morgan fingerprint density at radius 2 is 1.74 bits per heavy atom. The summed E-state index contributed by atoms with van der Waals surface area (Å²) in [6.45, 7) is 6.49. The normalized spacial score (nSPS) is 31.0. The third kappa shape index (κ3) is 7.89. The van der Waals surface area contributed by atoms with Crippen LogP contribution in [0.2, 0.25) is 0 Å². The van der Waals surface area contributed by atoms with Crippen LogP contribution in [0.4, 0.5) is 14.9 Å². The first kappa shape index (κ1) is 45.9. The van der Waals surface area contributed by atoms with Crippen molar-refractivity contribution >= 4 is 52.2 Å². The Labute approximate surface area is 374 Å². The molecular weight excluding hydrogens is 850 g/mol. The van der Waals surface area contributed by atoms with Crippen LogP contribution in [-0.2, 0) is 33.4 Å². The van der Waals surface area contributed by atoms with Crippen molar-refractivity contribution in [2.45, 2.75) is 116 Å². The smallest absolute Gasteiger partial charge is 0.413 e. The van der Waals surface area contributed by atoms with Gasteiger partial charge in [-0.15, -0.1) is 0 Å². The SMILES string of the molecule is COc1c(N2CCN(C(=O)OC(C)OC(=O)CCC(=O)OCC(=O)[C@@]3(O)CC[C@H]4C5CCC6=CC(=O)C=C[C@]6(C)[C@H]5[C@@H](O)C[C@@]43C)C(C)C2)c(F)cc2c(=O)c(C(=O)O)cn(C3CC3)c12. The number of esters is 2. The maximum Gasteiger partial charge on any atom is 0.413 e. The highest BCUT2D eigenvalue weighted by atomic mass is 19.1. The maximum atomic E-state index is 15.9. The van der Waals surface area contributed by atoms with Gasteiger partial charge in [-0.25, -0.2) is 14.0 Å². The molecule has 1 aromatic carbocycles. The Bertz CT molecular complexity index is 2480. The Hall–Kier alpha value is -5.62. The lowest BCUT2D eigenvalue weighted by molar-refractivity contribution is -0.181. The number of aromatic carboxylic acids is 1. The molecule has 3 unspecified atom stereocenters. The van der Waals surface area contributed by atoms with Gasteiger partial charge in [0.25, 0.3) is 0 Å². The van der Waals surface area contributed by atoms with Gasteiger partial charge in [0.1, 0.15) is 16.9 Å². The molecular formula is C47H56FN3O14. The van der Waals surface area contributed by atoms with Gasteiger partial charge in [0.05, 0.1) is 37.0 Å². The van der Waals surface area contributed by atoms with Crippen LogP contribution < -0.4 is 15.1 Å². The van der Waals surface area contributed by atoms with Crippen LogP contribution in [0, 0.1) is 34.4 Å². The van der Waals surface area contributed by atoms with Crippen LogP contribution in [0.1, 0.15) is 102 Å². The number of Topliss-reactive ketones (excluding diaryl/α,β-unsaturated/α-hetero) is 1. The number of aliphatic hydroxyl groups excluding tert-OH is 1. The van der Waals surface area contributed by atoms with Gasteiger partial charge in [-0.05, 0) is 81.9 Å². The van der Waals surface area contributed by atoms with Crippen LogP contribution in [-0.4, -0.2) is 118 Å². The van der Waals surface area contributed by atoms with Crippen molar-refractivity contribution in [3.8, 4) is 5.75 Å². The largest absolute Gasteiger partial charge is 0.492 e. The second kappa shape index (κ2) is 17.0. The van der Waals surface area contributed by atoms with Gasteiger partial charge in [0, 0.05) is 61.6 Å². The van der Waals surface area contributed by atoms with E-state index < -0.39 is 101 Å². The van der Waals surface area contributed by atoms with Gasteiger partial charge in [0.2, 0.25) is 17.5 Å². The molecule has 2 aromatic rings. The van der Waals surface area contributed by atoms with Crippen LogP contribution >= 0.6 is 0 Å². The number of fused-ring (bicyclic) bond motifs is 6. The van der Waals surface area contributed by atoms with E-state index in [2.05, 4.69) is 0 Å². The lowest BCUT2D eigenvalue weighted by atomic mass is 9.46. The summed E-state index contributed by atoms with van der Waals surface area (Å²) < 4.78 is 39.1. The molecule has 0 radical (unpaired) electrons. The lowest BCUT2D eigenvalue weighted by Crippen LogP contribution is -2.61. The summed E-state index contributed by atoms with van der Waals surface area (Å²) in [6.07, 6.45) is 6.20. The van der Waals surface area contributed by atoms with Crippen molar-refractivity contribution in [2.24, 2.45) is 28.6 Å². The van der Waals surface area contributed by atoms with Crippen molar-refractivity contribution in [1.29, 1.82) is 0 Å². The van der Waals surface area contributed by atoms with Crippen molar-refractivity contribution in [1.82, 2.24) is 9.47 Å². The molecule has 1 aliphatic heterocycles. The molecule has 9 atom stereocenters. The number of carboxylic acid groups (broad SMARTS) is 1. The van der Waals surface area contributed by atoms with E-state index >= 15 is 4.39 Å².